The van der Waals surface area contributed by atoms with Crippen LogP contribution in [-0.4, -0.2) is 70.4 Å². The van der Waals surface area contributed by atoms with Gasteiger partial charge < -0.3 is 14.2 Å². The molecule has 0 saturated carbocycles. The first-order valence-electron chi connectivity index (χ1n) is 13.7. The van der Waals surface area contributed by atoms with Crippen molar-refractivity contribution < 1.29 is 32.8 Å². The predicted octanol–water partition coefficient (Wildman–Crippen LogP) is 4.95. The van der Waals surface area contributed by atoms with Crippen LogP contribution in [0, 0.1) is 11.8 Å². The van der Waals surface area contributed by atoms with E-state index in [4.69, 9.17) is 14.2 Å². The van der Waals surface area contributed by atoms with Crippen molar-refractivity contribution in [3.63, 3.8) is 0 Å². The average molecular weight is 583 g/mol. The topological polar surface area (TPSA) is 104 Å². The Hall–Kier alpha value is -3.50. The van der Waals surface area contributed by atoms with Gasteiger partial charge >= 0.3 is 18.0 Å². The molecule has 4 rings (SSSR count). The third kappa shape index (κ3) is 7.05. The molecule has 0 unspecified atom stereocenters. The molecule has 1 fully saturated rings. The molecule has 220 valence electrons. The highest BCUT2D eigenvalue weighted by Gasteiger charge is 2.43. The van der Waals surface area contributed by atoms with Crippen molar-refractivity contribution >= 4 is 39.7 Å². The van der Waals surface area contributed by atoms with Gasteiger partial charge in [-0.15, -0.1) is 0 Å². The quantitative estimate of drug-likeness (QED) is 0.209. The number of benzene rings is 2. The van der Waals surface area contributed by atoms with Gasteiger partial charge in [0.15, 0.2) is 5.92 Å². The van der Waals surface area contributed by atoms with Crippen molar-refractivity contribution in [2.24, 2.45) is 11.8 Å². The molecule has 0 spiro atoms. The lowest BCUT2D eigenvalue weighted by Crippen LogP contribution is -2.45. The number of fused-ring (bicyclic) bond motifs is 1. The van der Waals surface area contributed by atoms with E-state index in [2.05, 4.69) is 4.90 Å². The Morgan fingerprint density at radius 1 is 0.976 bits per heavy atom. The van der Waals surface area contributed by atoms with Crippen LogP contribution in [0.5, 0.6) is 0 Å². The molecule has 10 heteroatoms. The van der Waals surface area contributed by atoms with Gasteiger partial charge in [0.25, 0.3) is 0 Å². The highest BCUT2D eigenvalue weighted by molar-refractivity contribution is 7.85. The van der Waals surface area contributed by atoms with E-state index in [0.29, 0.717) is 42.9 Å². The largest absolute Gasteiger partial charge is 0.468 e. The summed E-state index contributed by atoms with van der Waals surface area (Å²) in [5.74, 6) is -2.39. The van der Waals surface area contributed by atoms with Crippen LogP contribution in [0.1, 0.15) is 45.3 Å². The van der Waals surface area contributed by atoms with E-state index >= 15 is 0 Å². The summed E-state index contributed by atoms with van der Waals surface area (Å²) in [7, 11) is 1.29. The normalized spacial score (nSPS) is 18.7. The second-order valence-electron chi connectivity index (χ2n) is 11.2. The molecular formula is C31H38N2O7S. The fourth-order valence-electron chi connectivity index (χ4n) is 5.48. The Labute approximate surface area is 243 Å². The highest BCUT2D eigenvalue weighted by Crippen LogP contribution is 2.40. The number of para-hydroxylation sites is 1. The Morgan fingerprint density at radius 3 is 2.24 bits per heavy atom. The first-order chi connectivity index (χ1) is 19.5. The number of carbonyl (C=O) groups is 3. The summed E-state index contributed by atoms with van der Waals surface area (Å²) in [5, 5.41) is 0.862. The Balaban J connectivity index is 1.75. The maximum Gasteiger partial charge on any atom is 0.419 e. The number of ether oxygens (including phenoxy) is 3. The summed E-state index contributed by atoms with van der Waals surface area (Å²) in [4.78, 5) is 42.0. The van der Waals surface area contributed by atoms with Crippen LogP contribution in [0.25, 0.3) is 10.9 Å². The van der Waals surface area contributed by atoms with E-state index in [1.54, 1.807) is 4.57 Å². The number of piperidine rings is 1. The zero-order valence-corrected chi connectivity index (χ0v) is 25.0. The van der Waals surface area contributed by atoms with E-state index in [9.17, 15) is 18.6 Å². The maximum absolute atomic E-state index is 13.6. The van der Waals surface area contributed by atoms with Crippen LogP contribution in [0.2, 0.25) is 0 Å². The van der Waals surface area contributed by atoms with Gasteiger partial charge in [0.2, 0.25) is 0 Å². The van der Waals surface area contributed by atoms with Crippen LogP contribution >= 0.6 is 0 Å². The molecule has 0 bridgehead atoms. The smallest absolute Gasteiger partial charge is 0.419 e. The standard InChI is InChI=1S/C31H38N2O7S/c1-31(2,3)40-30(36)33-24-14-10-9-11-21(24)19-26(33)25-20-22(27(28(34)38-4)29(35)39-5)15-16-32(25)17-18-41(37)23-12-7-6-8-13-23/h6-14,19,22,25,27H,15-18,20H2,1-5H3/t22-,25+,41-/m1/s1. The molecule has 1 aromatic heterocycles. The fourth-order valence-corrected chi connectivity index (χ4v) is 6.57. The van der Waals surface area contributed by atoms with E-state index in [1.165, 1.54) is 14.2 Å². The third-order valence-corrected chi connectivity index (χ3v) is 8.71. The van der Waals surface area contributed by atoms with Gasteiger partial charge in [-0.2, -0.15) is 0 Å². The number of carbonyl (C=O) groups excluding carboxylic acids is 3. The summed E-state index contributed by atoms with van der Waals surface area (Å²) in [6.45, 7) is 6.44. The second-order valence-corrected chi connectivity index (χ2v) is 12.7. The first kappa shape index (κ1) is 30.5. The lowest BCUT2D eigenvalue weighted by atomic mass is 9.80. The molecule has 0 N–H and O–H groups in total. The second kappa shape index (κ2) is 13.0. The van der Waals surface area contributed by atoms with Crippen LogP contribution in [0.4, 0.5) is 4.79 Å². The first-order valence-corrected chi connectivity index (χ1v) is 15.0. The van der Waals surface area contributed by atoms with Crippen LogP contribution in [0.15, 0.2) is 65.6 Å². The van der Waals surface area contributed by atoms with Gasteiger partial charge in [0.1, 0.15) is 5.60 Å². The Bertz CT molecular complexity index is 1400. The van der Waals surface area contributed by atoms with E-state index in [0.717, 1.165) is 10.3 Å². The molecule has 9 nitrogen and oxygen atoms in total. The number of hydrogen-bond donors (Lipinski definition) is 0. The highest BCUT2D eigenvalue weighted by atomic mass is 32.2. The lowest BCUT2D eigenvalue weighted by molar-refractivity contribution is -0.163. The zero-order valence-electron chi connectivity index (χ0n) is 24.2. The molecule has 0 amide bonds. The van der Waals surface area contributed by atoms with Gasteiger partial charge in [-0.25, -0.2) is 9.36 Å². The van der Waals surface area contributed by atoms with Crippen molar-refractivity contribution in [2.75, 3.05) is 33.1 Å². The summed E-state index contributed by atoms with van der Waals surface area (Å²) < 4.78 is 30.5. The van der Waals surface area contributed by atoms with E-state index in [1.807, 2.05) is 81.4 Å². The molecule has 41 heavy (non-hydrogen) atoms. The number of hydrogen-bond acceptors (Lipinski definition) is 8. The summed E-state index contributed by atoms with van der Waals surface area (Å²) >= 11 is 0. The minimum Gasteiger partial charge on any atom is -0.468 e. The molecule has 0 radical (unpaired) electrons. The molecule has 3 aromatic rings. The number of rotatable bonds is 8. The molecule has 1 aliphatic heterocycles. The number of esters is 2. The zero-order chi connectivity index (χ0) is 29.7. The minimum atomic E-state index is -1.22. The lowest BCUT2D eigenvalue weighted by Gasteiger charge is -2.41. The summed E-state index contributed by atoms with van der Waals surface area (Å²) in [5.41, 5.74) is 0.662. The molecule has 3 atom stereocenters. The van der Waals surface area contributed by atoms with Crippen molar-refractivity contribution in [3.05, 3.63) is 66.4 Å². The summed E-state index contributed by atoms with van der Waals surface area (Å²) in [6.07, 6.45) is 0.392. The molecular weight excluding hydrogens is 544 g/mol. The Kier molecular flexibility index (Phi) is 9.65. The monoisotopic (exact) mass is 582 g/mol. The minimum absolute atomic E-state index is 0.377. The molecule has 2 aromatic carbocycles. The van der Waals surface area contributed by atoms with Gasteiger partial charge in [-0.3, -0.25) is 18.7 Å². The van der Waals surface area contributed by atoms with Crippen molar-refractivity contribution in [3.8, 4) is 0 Å². The van der Waals surface area contributed by atoms with Gasteiger partial charge in [-0.05, 0) is 70.3 Å². The van der Waals surface area contributed by atoms with Crippen LogP contribution in [0.3, 0.4) is 0 Å². The number of methoxy groups -OCH3 is 2. The van der Waals surface area contributed by atoms with Gasteiger partial charge in [-0.1, -0.05) is 36.4 Å². The van der Waals surface area contributed by atoms with Crippen molar-refractivity contribution in [1.29, 1.82) is 0 Å². The molecule has 0 aliphatic carbocycles. The van der Waals surface area contributed by atoms with Crippen molar-refractivity contribution in [1.82, 2.24) is 9.47 Å². The van der Waals surface area contributed by atoms with E-state index in [-0.39, 0.29) is 12.0 Å². The van der Waals surface area contributed by atoms with Crippen LogP contribution < -0.4 is 0 Å². The average Bonchev–Trinajstić information content (AvgIpc) is 3.35. The third-order valence-electron chi connectivity index (χ3n) is 7.36. The summed E-state index contributed by atoms with van der Waals surface area (Å²) in [6, 6.07) is 18.4. The van der Waals surface area contributed by atoms with Crippen molar-refractivity contribution in [2.45, 2.75) is 50.2 Å². The number of aromatic nitrogens is 1. The fraction of sp³-hybridized carbons (Fsp3) is 0.452. The number of nitrogens with zero attached hydrogens (tertiary/aromatic N) is 2. The molecule has 1 aliphatic rings. The number of likely N-dealkylation sites (tertiary alicyclic amines) is 1. The van der Waals surface area contributed by atoms with E-state index < -0.39 is 40.4 Å². The molecule has 1 saturated heterocycles. The Morgan fingerprint density at radius 2 is 1.61 bits per heavy atom. The van der Waals surface area contributed by atoms with Gasteiger partial charge in [0.05, 0.1) is 36.6 Å². The van der Waals surface area contributed by atoms with Crippen LogP contribution in [-0.2, 0) is 34.6 Å². The molecule has 2 heterocycles. The maximum atomic E-state index is 13.6. The predicted molar refractivity (Wildman–Crippen MR) is 156 cm³/mol. The van der Waals surface area contributed by atoms with Gasteiger partial charge in [0, 0.05) is 28.3 Å². The SMILES string of the molecule is COC(=O)C(C(=O)OC)[C@@H]1CCN(CC[S@@](=O)c2ccccc2)[C@H](c2cc3ccccc3n2C(=O)OC(C)(C)C)C1.